The summed E-state index contributed by atoms with van der Waals surface area (Å²) in [7, 11) is 0. The highest BCUT2D eigenvalue weighted by Gasteiger charge is 2.31. The van der Waals surface area contributed by atoms with Crippen LogP contribution in [-0.4, -0.2) is 5.11 Å². The van der Waals surface area contributed by atoms with E-state index in [0.717, 1.165) is 17.7 Å². The molecule has 3 rings (SSSR count). The molecule has 0 bridgehead atoms. The number of phenolic OH excluding ortho intramolecular Hbond substituents is 1. The quantitative estimate of drug-likeness (QED) is 0.593. The first-order chi connectivity index (χ1) is 12.3. The van der Waals surface area contributed by atoms with E-state index >= 15 is 0 Å². The molecule has 134 valence electrons. The maximum absolute atomic E-state index is 13.0. The van der Waals surface area contributed by atoms with Crippen molar-refractivity contribution in [2.75, 3.05) is 0 Å². The number of benzene rings is 3. The van der Waals surface area contributed by atoms with Crippen LogP contribution in [0.15, 0.2) is 66.7 Å². The summed E-state index contributed by atoms with van der Waals surface area (Å²) in [6.07, 6.45) is -4.51. The molecule has 1 N–H and O–H groups in total. The average molecular weight is 360 g/mol. The second-order valence-electron chi connectivity index (χ2n) is 5.68. The Balaban J connectivity index is 2.00. The molecule has 0 spiro atoms. The van der Waals surface area contributed by atoms with Crippen molar-refractivity contribution in [3.05, 3.63) is 77.9 Å². The lowest BCUT2D eigenvalue weighted by molar-refractivity contribution is -0.137. The predicted octanol–water partition coefficient (Wildman–Crippen LogP) is 6.30. The predicted molar refractivity (Wildman–Crippen MR) is 90.9 cm³/mol. The van der Waals surface area contributed by atoms with Crippen molar-refractivity contribution in [1.82, 2.24) is 0 Å². The smallest absolute Gasteiger partial charge is 0.416 e. The molecule has 0 aliphatic carbocycles. The first-order valence-corrected chi connectivity index (χ1v) is 7.74. The average Bonchev–Trinajstić information content (AvgIpc) is 2.55. The maximum atomic E-state index is 13.0. The summed E-state index contributed by atoms with van der Waals surface area (Å²) < 4.78 is 50.4. The van der Waals surface area contributed by atoms with E-state index in [-0.39, 0.29) is 17.2 Å². The first-order valence-electron chi connectivity index (χ1n) is 7.74. The Bertz CT molecular complexity index is 886. The van der Waals surface area contributed by atoms with Crippen molar-refractivity contribution in [3.8, 4) is 28.7 Å². The van der Waals surface area contributed by atoms with Gasteiger partial charge in [0.25, 0.3) is 0 Å². The number of hydrogen-bond acceptors (Lipinski definition) is 3. The topological polar surface area (TPSA) is 38.7 Å². The SMILES string of the molecule is Cc1cc(O)cc(Oc2ccc(C(F)(F)F)cc2Oc2ccccc2)c1. The molecule has 0 amide bonds. The van der Waals surface area contributed by atoms with E-state index in [1.807, 2.05) is 0 Å². The van der Waals surface area contributed by atoms with Crippen molar-refractivity contribution in [3.63, 3.8) is 0 Å². The summed E-state index contributed by atoms with van der Waals surface area (Å²) in [4.78, 5) is 0. The van der Waals surface area contributed by atoms with Gasteiger partial charge in [0.2, 0.25) is 0 Å². The van der Waals surface area contributed by atoms with E-state index in [2.05, 4.69) is 0 Å². The van der Waals surface area contributed by atoms with Gasteiger partial charge in [-0.1, -0.05) is 18.2 Å². The molecule has 0 aromatic heterocycles. The Morgan fingerprint density at radius 1 is 0.769 bits per heavy atom. The van der Waals surface area contributed by atoms with Gasteiger partial charge in [-0.25, -0.2) is 0 Å². The van der Waals surface area contributed by atoms with E-state index in [9.17, 15) is 18.3 Å². The Labute approximate surface area is 148 Å². The Kier molecular flexibility index (Phi) is 4.75. The minimum atomic E-state index is -4.51. The zero-order chi connectivity index (χ0) is 18.7. The maximum Gasteiger partial charge on any atom is 0.416 e. The van der Waals surface area contributed by atoms with E-state index < -0.39 is 11.7 Å². The third kappa shape index (κ3) is 4.27. The van der Waals surface area contributed by atoms with Crippen LogP contribution in [0.1, 0.15) is 11.1 Å². The fraction of sp³-hybridized carbons (Fsp3) is 0.100. The molecular formula is C20H15F3O3. The second kappa shape index (κ2) is 7.00. The minimum Gasteiger partial charge on any atom is -0.508 e. The largest absolute Gasteiger partial charge is 0.508 e. The van der Waals surface area contributed by atoms with Gasteiger partial charge in [0.1, 0.15) is 17.2 Å². The number of hydrogen-bond donors (Lipinski definition) is 1. The van der Waals surface area contributed by atoms with E-state index in [4.69, 9.17) is 9.47 Å². The van der Waals surface area contributed by atoms with Crippen LogP contribution in [0.25, 0.3) is 0 Å². The summed E-state index contributed by atoms with van der Waals surface area (Å²) >= 11 is 0. The van der Waals surface area contributed by atoms with Gasteiger partial charge in [-0.2, -0.15) is 13.2 Å². The monoisotopic (exact) mass is 360 g/mol. The van der Waals surface area contributed by atoms with Crippen LogP contribution in [0.4, 0.5) is 13.2 Å². The Morgan fingerprint density at radius 2 is 1.46 bits per heavy atom. The van der Waals surface area contributed by atoms with Gasteiger partial charge in [-0.3, -0.25) is 0 Å². The van der Waals surface area contributed by atoms with Gasteiger partial charge in [-0.15, -0.1) is 0 Å². The molecule has 0 aliphatic heterocycles. The lowest BCUT2D eigenvalue weighted by Gasteiger charge is -2.15. The molecule has 0 heterocycles. The van der Waals surface area contributed by atoms with Crippen LogP contribution in [0.2, 0.25) is 0 Å². The van der Waals surface area contributed by atoms with Crippen molar-refractivity contribution in [2.24, 2.45) is 0 Å². The number of rotatable bonds is 4. The fourth-order valence-electron chi connectivity index (χ4n) is 2.38. The van der Waals surface area contributed by atoms with E-state index in [1.165, 1.54) is 12.1 Å². The summed E-state index contributed by atoms with van der Waals surface area (Å²) in [6, 6.07) is 16.0. The third-order valence-corrected chi connectivity index (χ3v) is 3.51. The number of halogens is 3. The molecule has 0 fully saturated rings. The Hall–Kier alpha value is -3.15. The van der Waals surface area contributed by atoms with Crippen LogP contribution in [0.5, 0.6) is 28.7 Å². The van der Waals surface area contributed by atoms with Gasteiger partial charge in [0.05, 0.1) is 5.56 Å². The molecule has 3 aromatic rings. The molecular weight excluding hydrogens is 345 g/mol. The van der Waals surface area contributed by atoms with Crippen LogP contribution in [0, 0.1) is 6.92 Å². The first kappa shape index (κ1) is 17.7. The second-order valence-corrected chi connectivity index (χ2v) is 5.68. The van der Waals surface area contributed by atoms with Gasteiger partial charge in [0.15, 0.2) is 11.5 Å². The minimum absolute atomic E-state index is 0.00237. The molecule has 3 nitrogen and oxygen atoms in total. The molecule has 0 radical (unpaired) electrons. The molecule has 0 unspecified atom stereocenters. The highest BCUT2D eigenvalue weighted by molar-refractivity contribution is 5.49. The number of phenols is 1. The van der Waals surface area contributed by atoms with Crippen LogP contribution in [-0.2, 0) is 6.18 Å². The molecule has 0 atom stereocenters. The highest BCUT2D eigenvalue weighted by atomic mass is 19.4. The number of ether oxygens (including phenoxy) is 2. The lowest BCUT2D eigenvalue weighted by atomic mass is 10.2. The van der Waals surface area contributed by atoms with Crippen molar-refractivity contribution < 1.29 is 27.8 Å². The summed E-state index contributed by atoms with van der Waals surface area (Å²) in [5.41, 5.74) is -0.0969. The normalized spacial score (nSPS) is 11.2. The zero-order valence-corrected chi connectivity index (χ0v) is 13.7. The van der Waals surface area contributed by atoms with Crippen LogP contribution in [0.3, 0.4) is 0 Å². The molecule has 3 aromatic carbocycles. The van der Waals surface area contributed by atoms with Crippen LogP contribution < -0.4 is 9.47 Å². The summed E-state index contributed by atoms with van der Waals surface area (Å²) in [6.45, 7) is 1.76. The fourth-order valence-corrected chi connectivity index (χ4v) is 2.38. The zero-order valence-electron chi connectivity index (χ0n) is 13.7. The lowest BCUT2D eigenvalue weighted by Crippen LogP contribution is -2.05. The number of alkyl halides is 3. The molecule has 0 saturated carbocycles. The molecule has 6 heteroatoms. The number of aryl methyl sites for hydroxylation is 1. The van der Waals surface area contributed by atoms with Crippen molar-refractivity contribution in [1.29, 1.82) is 0 Å². The third-order valence-electron chi connectivity index (χ3n) is 3.51. The Morgan fingerprint density at radius 3 is 2.12 bits per heavy atom. The summed E-state index contributed by atoms with van der Waals surface area (Å²) in [5.74, 6) is 0.695. The van der Waals surface area contributed by atoms with Crippen molar-refractivity contribution >= 4 is 0 Å². The van der Waals surface area contributed by atoms with Gasteiger partial charge in [-0.05, 0) is 55.0 Å². The number of para-hydroxylation sites is 1. The van der Waals surface area contributed by atoms with Gasteiger partial charge in [0, 0.05) is 6.07 Å². The highest BCUT2D eigenvalue weighted by Crippen LogP contribution is 2.40. The standard InChI is InChI=1S/C20H15F3O3/c1-13-9-15(24)12-17(10-13)26-18-8-7-14(20(21,22)23)11-19(18)25-16-5-3-2-4-6-16/h2-12,24H,1H3. The van der Waals surface area contributed by atoms with E-state index in [0.29, 0.717) is 11.5 Å². The van der Waals surface area contributed by atoms with Gasteiger partial charge < -0.3 is 14.6 Å². The molecule has 0 aliphatic rings. The molecule has 26 heavy (non-hydrogen) atoms. The van der Waals surface area contributed by atoms with Crippen molar-refractivity contribution in [2.45, 2.75) is 13.1 Å². The molecule has 0 saturated heterocycles. The van der Waals surface area contributed by atoms with Crippen LogP contribution >= 0.6 is 0 Å². The van der Waals surface area contributed by atoms with Gasteiger partial charge >= 0.3 is 6.18 Å². The van der Waals surface area contributed by atoms with E-state index in [1.54, 1.807) is 49.4 Å². The number of aromatic hydroxyl groups is 1. The summed E-state index contributed by atoms with van der Waals surface area (Å²) in [5, 5.41) is 9.67.